The predicted molar refractivity (Wildman–Crippen MR) is 125 cm³/mol. The highest BCUT2D eigenvalue weighted by molar-refractivity contribution is 9.10. The number of benzene rings is 1. The van der Waals surface area contributed by atoms with Crippen molar-refractivity contribution in [3.05, 3.63) is 40.4 Å². The van der Waals surface area contributed by atoms with Crippen LogP contribution in [0.4, 0.5) is 20.9 Å². The normalized spacial score (nSPS) is 16.9. The zero-order valence-corrected chi connectivity index (χ0v) is 19.3. The van der Waals surface area contributed by atoms with Crippen LogP contribution in [0, 0.1) is 5.82 Å². The monoisotopic (exact) mass is 507 g/mol. The van der Waals surface area contributed by atoms with Crippen LogP contribution >= 0.6 is 27.3 Å². The Morgan fingerprint density at radius 1 is 1.35 bits per heavy atom. The molecule has 0 radical (unpaired) electrons. The summed E-state index contributed by atoms with van der Waals surface area (Å²) in [4.78, 5) is 19.5. The number of carbonyl (C=O) groups is 1. The summed E-state index contributed by atoms with van der Waals surface area (Å²) in [6, 6.07) is 5.09. The van der Waals surface area contributed by atoms with Gasteiger partial charge in [0.05, 0.1) is 10.7 Å². The zero-order valence-electron chi connectivity index (χ0n) is 16.9. The Hall–Kier alpha value is -2.50. The summed E-state index contributed by atoms with van der Waals surface area (Å²) in [6.45, 7) is 1.62. The Morgan fingerprint density at radius 3 is 2.97 bits per heavy atom. The van der Waals surface area contributed by atoms with Crippen LogP contribution in [0.25, 0.3) is 10.6 Å². The predicted octanol–water partition coefficient (Wildman–Crippen LogP) is 3.60. The summed E-state index contributed by atoms with van der Waals surface area (Å²) in [7, 11) is 1.83. The number of anilines is 3. The molecule has 11 heteroatoms. The molecule has 4 rings (SSSR count). The van der Waals surface area contributed by atoms with E-state index in [-0.39, 0.29) is 22.3 Å². The second-order valence-corrected chi connectivity index (χ2v) is 9.36. The second-order valence-electron chi connectivity index (χ2n) is 7.47. The van der Waals surface area contributed by atoms with Crippen molar-refractivity contribution in [3.8, 4) is 10.6 Å². The molecular formula is C20H23BrFN7OS. The van der Waals surface area contributed by atoms with Crippen molar-refractivity contribution in [3.63, 3.8) is 0 Å². The Kier molecular flexibility index (Phi) is 6.26. The van der Waals surface area contributed by atoms with E-state index >= 15 is 0 Å². The van der Waals surface area contributed by atoms with Crippen molar-refractivity contribution in [1.29, 1.82) is 0 Å². The third-order valence-corrected chi connectivity index (χ3v) is 6.81. The highest BCUT2D eigenvalue weighted by Crippen LogP contribution is 2.35. The van der Waals surface area contributed by atoms with E-state index in [1.54, 1.807) is 29.1 Å². The van der Waals surface area contributed by atoms with Gasteiger partial charge in [-0.15, -0.1) is 0 Å². The molecule has 1 aliphatic heterocycles. The molecule has 8 nitrogen and oxygen atoms in total. The maximum atomic E-state index is 14.5. The van der Waals surface area contributed by atoms with Gasteiger partial charge in [0.25, 0.3) is 5.91 Å². The molecule has 0 bridgehead atoms. The summed E-state index contributed by atoms with van der Waals surface area (Å²) in [5.74, 6) is -0.0946. The second kappa shape index (κ2) is 8.93. The summed E-state index contributed by atoms with van der Waals surface area (Å²) < 4.78 is 16.5. The molecule has 1 atom stereocenters. The van der Waals surface area contributed by atoms with Crippen LogP contribution < -0.4 is 21.7 Å². The molecule has 164 valence electrons. The number of nitrogen functional groups attached to an aromatic ring is 1. The number of carbonyl (C=O) groups excluding carboxylic acids is 1. The minimum atomic E-state index is -0.462. The van der Waals surface area contributed by atoms with Crippen LogP contribution in [0.15, 0.2) is 28.9 Å². The lowest BCUT2D eigenvalue weighted by molar-refractivity contribution is 0.102. The number of thiazole rings is 1. The lowest BCUT2D eigenvalue weighted by atomic mass is 10.1. The van der Waals surface area contributed by atoms with Gasteiger partial charge in [0.2, 0.25) is 0 Å². The molecule has 5 N–H and O–H groups in total. The number of nitrogens with one attached hydrogen (secondary N) is 1. The van der Waals surface area contributed by atoms with E-state index < -0.39 is 11.7 Å². The third kappa shape index (κ3) is 4.43. The maximum absolute atomic E-state index is 14.5. The van der Waals surface area contributed by atoms with Crippen LogP contribution in [-0.4, -0.2) is 39.8 Å². The van der Waals surface area contributed by atoms with Gasteiger partial charge in [-0.3, -0.25) is 9.48 Å². The van der Waals surface area contributed by atoms with E-state index in [1.807, 2.05) is 7.05 Å². The molecule has 0 aliphatic carbocycles. The fourth-order valence-electron chi connectivity index (χ4n) is 3.69. The van der Waals surface area contributed by atoms with Crippen molar-refractivity contribution in [2.45, 2.75) is 25.3 Å². The smallest absolute Gasteiger partial charge is 0.277 e. The van der Waals surface area contributed by atoms with Crippen molar-refractivity contribution < 1.29 is 9.18 Å². The fraction of sp³-hybridized carbons (Fsp3) is 0.350. The topological polar surface area (TPSA) is 115 Å². The van der Waals surface area contributed by atoms with Gasteiger partial charge in [-0.25, -0.2) is 9.37 Å². The van der Waals surface area contributed by atoms with Gasteiger partial charge in [-0.05, 0) is 47.3 Å². The Morgan fingerprint density at radius 2 is 2.16 bits per heavy atom. The van der Waals surface area contributed by atoms with Gasteiger partial charge in [-0.2, -0.15) is 5.10 Å². The van der Waals surface area contributed by atoms with Gasteiger partial charge in [0, 0.05) is 31.7 Å². The fourth-order valence-corrected chi connectivity index (χ4v) is 4.90. The van der Waals surface area contributed by atoms with Crippen LogP contribution in [0.3, 0.4) is 0 Å². The molecule has 3 heterocycles. The van der Waals surface area contributed by atoms with Gasteiger partial charge < -0.3 is 21.7 Å². The van der Waals surface area contributed by atoms with E-state index in [2.05, 4.69) is 36.2 Å². The standard InChI is InChI=1S/C20H23BrFN7OS/c1-28-20(29-8-3-4-11(23)7-9-29)14(10-25-28)26-18(30)16-17(24)31-19(27-16)12-5-2-6-13(21)15(12)22/h2,5-6,10-11H,3-4,7-9,23-24H2,1H3,(H,26,30)/t11-/m1/s1. The van der Waals surface area contributed by atoms with Gasteiger partial charge in [-0.1, -0.05) is 17.4 Å². The van der Waals surface area contributed by atoms with Crippen LogP contribution in [0.5, 0.6) is 0 Å². The van der Waals surface area contributed by atoms with Crippen molar-refractivity contribution in [2.24, 2.45) is 12.8 Å². The molecule has 1 amide bonds. The number of aromatic nitrogens is 3. The number of hydrogen-bond acceptors (Lipinski definition) is 7. The van der Waals surface area contributed by atoms with Crippen LogP contribution in [0.1, 0.15) is 29.8 Å². The number of halogens is 2. The number of aryl methyl sites for hydroxylation is 1. The average Bonchev–Trinajstić information content (AvgIpc) is 3.21. The van der Waals surface area contributed by atoms with E-state index in [0.717, 1.165) is 49.5 Å². The Labute approximate surface area is 191 Å². The summed E-state index contributed by atoms with van der Waals surface area (Å²) in [5.41, 5.74) is 13.1. The third-order valence-electron chi connectivity index (χ3n) is 5.28. The summed E-state index contributed by atoms with van der Waals surface area (Å²) in [5, 5.41) is 7.75. The molecule has 1 saturated heterocycles. The van der Waals surface area contributed by atoms with Gasteiger partial charge in [0.15, 0.2) is 11.5 Å². The Balaban J connectivity index is 1.59. The van der Waals surface area contributed by atoms with Crippen LogP contribution in [0.2, 0.25) is 0 Å². The molecule has 3 aromatic rings. The zero-order chi connectivity index (χ0) is 22.1. The van der Waals surface area contributed by atoms with Crippen LogP contribution in [-0.2, 0) is 7.05 Å². The number of nitrogens with two attached hydrogens (primary N) is 2. The largest absolute Gasteiger partial charge is 0.389 e. The molecule has 31 heavy (non-hydrogen) atoms. The molecule has 0 saturated carbocycles. The molecule has 1 aromatic carbocycles. The number of rotatable bonds is 4. The number of amides is 1. The molecule has 1 aliphatic rings. The molecule has 0 unspecified atom stereocenters. The van der Waals surface area contributed by atoms with E-state index in [1.165, 1.54) is 0 Å². The summed E-state index contributed by atoms with van der Waals surface area (Å²) >= 11 is 4.24. The van der Waals surface area contributed by atoms with Crippen molar-refractivity contribution in [1.82, 2.24) is 14.8 Å². The van der Waals surface area contributed by atoms with Crippen molar-refractivity contribution >= 4 is 49.7 Å². The maximum Gasteiger partial charge on any atom is 0.277 e. The minimum absolute atomic E-state index is 0.0621. The van der Waals surface area contributed by atoms with Gasteiger partial charge >= 0.3 is 0 Å². The molecule has 2 aromatic heterocycles. The van der Waals surface area contributed by atoms with E-state index in [4.69, 9.17) is 11.5 Å². The SMILES string of the molecule is Cn1ncc(NC(=O)c2nc(-c3cccc(Br)c3F)sc2N)c1N1CCC[C@@H](N)CC1. The first-order valence-electron chi connectivity index (χ1n) is 9.89. The average molecular weight is 508 g/mol. The molecular weight excluding hydrogens is 485 g/mol. The highest BCUT2D eigenvalue weighted by atomic mass is 79.9. The first-order valence-corrected chi connectivity index (χ1v) is 11.5. The van der Waals surface area contributed by atoms with E-state index in [0.29, 0.717) is 15.2 Å². The highest BCUT2D eigenvalue weighted by Gasteiger charge is 2.24. The van der Waals surface area contributed by atoms with E-state index in [9.17, 15) is 9.18 Å². The lowest BCUT2D eigenvalue weighted by Gasteiger charge is -2.24. The molecule has 1 fully saturated rings. The molecule has 0 spiro atoms. The lowest BCUT2D eigenvalue weighted by Crippen LogP contribution is -2.29. The summed E-state index contributed by atoms with van der Waals surface area (Å²) in [6.07, 6.45) is 4.43. The van der Waals surface area contributed by atoms with Crippen molar-refractivity contribution in [2.75, 3.05) is 29.0 Å². The first kappa shape index (κ1) is 21.7. The number of nitrogens with zero attached hydrogens (tertiary/aromatic N) is 4. The quantitative estimate of drug-likeness (QED) is 0.496. The first-order chi connectivity index (χ1) is 14.8. The number of hydrogen-bond donors (Lipinski definition) is 3. The Bertz CT molecular complexity index is 1120. The minimum Gasteiger partial charge on any atom is -0.389 e. The van der Waals surface area contributed by atoms with Gasteiger partial charge in [0.1, 0.15) is 21.5 Å².